The van der Waals surface area contributed by atoms with Gasteiger partial charge in [-0.15, -0.1) is 0 Å². The molecule has 2 rings (SSSR count). The zero-order valence-corrected chi connectivity index (χ0v) is 22.4. The fourth-order valence-corrected chi connectivity index (χ4v) is 4.22. The SMILES string of the molecule is C=Cc1cccc(C(C(=O)NCCCCC)N(C(=O)C(CS)NC(=O)OC(C)(C)C)C2CCC2)c1. The molecule has 0 heterocycles. The van der Waals surface area contributed by atoms with Crippen LogP contribution in [0, 0.1) is 0 Å². The van der Waals surface area contributed by atoms with Crippen molar-refractivity contribution >= 4 is 36.6 Å². The van der Waals surface area contributed by atoms with Crippen LogP contribution in [0.25, 0.3) is 6.08 Å². The first kappa shape index (κ1) is 28.8. The molecule has 7 nitrogen and oxygen atoms in total. The van der Waals surface area contributed by atoms with Crippen LogP contribution in [-0.4, -0.2) is 52.8 Å². The minimum absolute atomic E-state index is 0.0822. The van der Waals surface area contributed by atoms with Crippen molar-refractivity contribution in [1.29, 1.82) is 0 Å². The lowest BCUT2D eigenvalue weighted by Crippen LogP contribution is -2.58. The van der Waals surface area contributed by atoms with E-state index < -0.39 is 23.8 Å². The topological polar surface area (TPSA) is 87.7 Å². The number of nitrogens with zero attached hydrogens (tertiary/aromatic N) is 1. The highest BCUT2D eigenvalue weighted by Crippen LogP contribution is 2.34. The van der Waals surface area contributed by atoms with Crippen molar-refractivity contribution in [2.75, 3.05) is 12.3 Å². The number of rotatable bonds is 12. The van der Waals surface area contributed by atoms with Crippen LogP contribution in [-0.2, 0) is 14.3 Å². The average molecular weight is 504 g/mol. The van der Waals surface area contributed by atoms with Gasteiger partial charge in [-0.25, -0.2) is 4.79 Å². The highest BCUT2D eigenvalue weighted by Gasteiger charge is 2.41. The number of hydrogen-bond acceptors (Lipinski definition) is 5. The molecule has 0 aliphatic heterocycles. The number of ether oxygens (including phenoxy) is 1. The zero-order valence-electron chi connectivity index (χ0n) is 21.5. The van der Waals surface area contributed by atoms with Crippen molar-refractivity contribution in [1.82, 2.24) is 15.5 Å². The standard InChI is InChI=1S/C27H41N3O4S/c1-6-8-9-16-28-24(31)23(20-13-10-12-19(7-2)17-20)30(21-14-11-15-21)25(32)22(18-35)29-26(33)34-27(3,4)5/h7,10,12-13,17,21-23,35H,2,6,8-9,11,14-16,18H2,1,3-5H3,(H,28,31)(H,29,33). The normalized spacial score (nSPS) is 15.3. The molecule has 3 amide bonds. The Morgan fingerprint density at radius 2 is 1.97 bits per heavy atom. The van der Waals surface area contributed by atoms with Gasteiger partial charge in [0.25, 0.3) is 0 Å². The maximum atomic E-state index is 13.9. The summed E-state index contributed by atoms with van der Waals surface area (Å²) in [7, 11) is 0. The second-order valence-corrected chi connectivity index (χ2v) is 10.4. The minimum Gasteiger partial charge on any atom is -0.444 e. The maximum absolute atomic E-state index is 13.9. The number of carbonyl (C=O) groups excluding carboxylic acids is 3. The molecule has 0 radical (unpaired) electrons. The molecule has 0 saturated heterocycles. The van der Waals surface area contributed by atoms with E-state index in [9.17, 15) is 14.4 Å². The van der Waals surface area contributed by atoms with E-state index in [2.05, 4.69) is 36.8 Å². The first-order valence-electron chi connectivity index (χ1n) is 12.5. The van der Waals surface area contributed by atoms with Crippen LogP contribution < -0.4 is 10.6 Å². The van der Waals surface area contributed by atoms with E-state index in [1.54, 1.807) is 31.7 Å². The second-order valence-electron chi connectivity index (χ2n) is 9.99. The summed E-state index contributed by atoms with van der Waals surface area (Å²) in [5, 5.41) is 5.69. The maximum Gasteiger partial charge on any atom is 0.408 e. The number of carbonyl (C=O) groups is 3. The van der Waals surface area contributed by atoms with Gasteiger partial charge in [-0.2, -0.15) is 12.6 Å². The smallest absolute Gasteiger partial charge is 0.408 e. The number of alkyl carbamates (subject to hydrolysis) is 1. The molecule has 1 aromatic carbocycles. The molecule has 0 aromatic heterocycles. The van der Waals surface area contributed by atoms with Crippen molar-refractivity contribution in [2.24, 2.45) is 0 Å². The molecule has 35 heavy (non-hydrogen) atoms. The Bertz CT molecular complexity index is 879. The van der Waals surface area contributed by atoms with Crippen molar-refractivity contribution < 1.29 is 19.1 Å². The van der Waals surface area contributed by atoms with Crippen LogP contribution in [0.15, 0.2) is 30.8 Å². The quantitative estimate of drug-likeness (QED) is 0.280. The molecule has 8 heteroatoms. The predicted octanol–water partition coefficient (Wildman–Crippen LogP) is 4.88. The summed E-state index contributed by atoms with van der Waals surface area (Å²) in [5.74, 6) is -0.482. The third-order valence-corrected chi connectivity index (χ3v) is 6.33. The number of benzene rings is 1. The van der Waals surface area contributed by atoms with Gasteiger partial charge in [0, 0.05) is 18.3 Å². The molecule has 1 aliphatic rings. The molecule has 1 aromatic rings. The summed E-state index contributed by atoms with van der Waals surface area (Å²) in [5.41, 5.74) is 0.879. The van der Waals surface area contributed by atoms with Gasteiger partial charge >= 0.3 is 6.09 Å². The number of thiol groups is 1. The fourth-order valence-electron chi connectivity index (χ4n) is 3.98. The zero-order chi connectivity index (χ0) is 26.0. The lowest BCUT2D eigenvalue weighted by molar-refractivity contribution is -0.147. The summed E-state index contributed by atoms with van der Waals surface area (Å²) < 4.78 is 5.35. The van der Waals surface area contributed by atoms with E-state index >= 15 is 0 Å². The molecular formula is C27H41N3O4S. The van der Waals surface area contributed by atoms with E-state index in [-0.39, 0.29) is 23.6 Å². The van der Waals surface area contributed by atoms with Gasteiger partial charge in [0.05, 0.1) is 0 Å². The summed E-state index contributed by atoms with van der Waals surface area (Å²) in [6.07, 6.45) is 6.56. The largest absolute Gasteiger partial charge is 0.444 e. The number of unbranched alkanes of at least 4 members (excludes halogenated alkanes) is 2. The van der Waals surface area contributed by atoms with E-state index in [4.69, 9.17) is 4.74 Å². The van der Waals surface area contributed by atoms with Gasteiger partial charge in [-0.05, 0) is 63.6 Å². The highest BCUT2D eigenvalue weighted by atomic mass is 32.1. The van der Waals surface area contributed by atoms with Crippen molar-refractivity contribution in [2.45, 2.75) is 89.9 Å². The van der Waals surface area contributed by atoms with Crippen LogP contribution >= 0.6 is 12.6 Å². The van der Waals surface area contributed by atoms with Gasteiger partial charge in [-0.3, -0.25) is 9.59 Å². The third kappa shape index (κ3) is 8.60. The summed E-state index contributed by atoms with van der Waals surface area (Å²) in [6.45, 7) is 11.8. The molecule has 2 atom stereocenters. The van der Waals surface area contributed by atoms with Crippen molar-refractivity contribution in [3.8, 4) is 0 Å². The van der Waals surface area contributed by atoms with E-state index in [1.807, 2.05) is 24.3 Å². The van der Waals surface area contributed by atoms with Crippen LogP contribution in [0.1, 0.15) is 83.4 Å². The van der Waals surface area contributed by atoms with Crippen molar-refractivity contribution in [3.05, 3.63) is 42.0 Å². The Kier molecular flexibility index (Phi) is 11.1. The molecule has 2 N–H and O–H groups in total. The second kappa shape index (κ2) is 13.6. The molecule has 1 fully saturated rings. The molecule has 0 bridgehead atoms. The summed E-state index contributed by atoms with van der Waals surface area (Å²) in [6, 6.07) is 5.68. The van der Waals surface area contributed by atoms with Gasteiger partial charge in [0.15, 0.2) is 0 Å². The Labute approximate surface area is 215 Å². The first-order valence-corrected chi connectivity index (χ1v) is 13.2. The summed E-state index contributed by atoms with van der Waals surface area (Å²) >= 11 is 4.34. The van der Waals surface area contributed by atoms with Gasteiger partial charge in [-0.1, -0.05) is 50.6 Å². The van der Waals surface area contributed by atoms with Gasteiger partial charge < -0.3 is 20.3 Å². The highest BCUT2D eigenvalue weighted by molar-refractivity contribution is 7.80. The van der Waals surface area contributed by atoms with Crippen LogP contribution in [0.3, 0.4) is 0 Å². The van der Waals surface area contributed by atoms with Gasteiger partial charge in [0.1, 0.15) is 17.7 Å². The number of amides is 3. The van der Waals surface area contributed by atoms with Crippen LogP contribution in [0.2, 0.25) is 0 Å². The summed E-state index contributed by atoms with van der Waals surface area (Å²) in [4.78, 5) is 41.5. The Balaban J connectivity index is 2.39. The molecule has 2 unspecified atom stereocenters. The first-order chi connectivity index (χ1) is 16.6. The van der Waals surface area contributed by atoms with Crippen molar-refractivity contribution in [3.63, 3.8) is 0 Å². The molecule has 1 aliphatic carbocycles. The minimum atomic E-state index is -0.924. The molecule has 1 saturated carbocycles. The number of hydrogen-bond donors (Lipinski definition) is 3. The predicted molar refractivity (Wildman–Crippen MR) is 143 cm³/mol. The average Bonchev–Trinajstić information content (AvgIpc) is 2.77. The fraction of sp³-hybridized carbons (Fsp3) is 0.593. The van der Waals surface area contributed by atoms with E-state index in [1.165, 1.54) is 0 Å². The van der Waals surface area contributed by atoms with Crippen LogP contribution in [0.4, 0.5) is 4.79 Å². The Morgan fingerprint density at radius 3 is 2.51 bits per heavy atom. The molecule has 194 valence electrons. The van der Waals surface area contributed by atoms with Crippen LogP contribution in [0.5, 0.6) is 0 Å². The monoisotopic (exact) mass is 503 g/mol. The Hall–Kier alpha value is -2.48. The lowest BCUT2D eigenvalue weighted by Gasteiger charge is -2.43. The third-order valence-electron chi connectivity index (χ3n) is 5.96. The Morgan fingerprint density at radius 1 is 1.26 bits per heavy atom. The van der Waals surface area contributed by atoms with E-state index in [0.29, 0.717) is 12.1 Å². The number of nitrogens with one attached hydrogen (secondary N) is 2. The lowest BCUT2D eigenvalue weighted by atomic mass is 9.88. The molecular weight excluding hydrogens is 462 g/mol. The van der Waals surface area contributed by atoms with E-state index in [0.717, 1.165) is 44.1 Å². The van der Waals surface area contributed by atoms with Gasteiger partial charge in [0.2, 0.25) is 11.8 Å². The molecule has 0 spiro atoms.